The molecule has 2 amide bonds. The van der Waals surface area contributed by atoms with Gasteiger partial charge in [-0.05, 0) is 56.9 Å². The number of hydrogen-bond acceptors (Lipinski definition) is 2. The molecule has 24 heavy (non-hydrogen) atoms. The number of benzene rings is 1. The molecule has 1 fully saturated rings. The number of carbonyl (C=O) groups excluding carboxylic acids is 2. The molecule has 0 heterocycles. The van der Waals surface area contributed by atoms with Crippen molar-refractivity contribution in [3.8, 4) is 0 Å². The van der Waals surface area contributed by atoms with Crippen molar-refractivity contribution in [1.29, 1.82) is 0 Å². The number of hydrogen-bond donors (Lipinski definition) is 1. The van der Waals surface area contributed by atoms with Crippen LogP contribution in [0.15, 0.2) is 18.2 Å². The molecule has 4 heteroatoms. The Bertz CT molecular complexity index is 557. The first-order valence-corrected chi connectivity index (χ1v) is 9.17. The van der Waals surface area contributed by atoms with E-state index in [0.29, 0.717) is 19.5 Å². The molecular weight excluding hydrogens is 300 g/mol. The van der Waals surface area contributed by atoms with Gasteiger partial charge in [-0.3, -0.25) is 9.59 Å². The van der Waals surface area contributed by atoms with Crippen LogP contribution in [0, 0.1) is 19.8 Å². The Labute approximate surface area is 145 Å². The van der Waals surface area contributed by atoms with E-state index in [1.807, 2.05) is 32.9 Å². The van der Waals surface area contributed by atoms with Gasteiger partial charge in [0.15, 0.2) is 0 Å². The van der Waals surface area contributed by atoms with Crippen molar-refractivity contribution < 1.29 is 9.59 Å². The van der Waals surface area contributed by atoms with Crippen molar-refractivity contribution in [1.82, 2.24) is 5.32 Å². The summed E-state index contributed by atoms with van der Waals surface area (Å²) in [4.78, 5) is 26.5. The van der Waals surface area contributed by atoms with Gasteiger partial charge in [-0.15, -0.1) is 0 Å². The molecule has 4 nitrogen and oxygen atoms in total. The molecule has 1 aromatic rings. The third-order valence-corrected chi connectivity index (χ3v) is 4.75. The predicted octanol–water partition coefficient (Wildman–Crippen LogP) is 3.74. The highest BCUT2D eigenvalue weighted by molar-refractivity contribution is 5.93. The molecule has 1 N–H and O–H groups in total. The Hall–Kier alpha value is -1.84. The molecule has 0 bridgehead atoms. The second-order valence-corrected chi connectivity index (χ2v) is 6.86. The van der Waals surface area contributed by atoms with E-state index in [0.717, 1.165) is 42.5 Å². The van der Waals surface area contributed by atoms with Crippen LogP contribution in [0.4, 0.5) is 5.69 Å². The fourth-order valence-corrected chi connectivity index (χ4v) is 3.55. The minimum atomic E-state index is 0.0615. The highest BCUT2D eigenvalue weighted by Crippen LogP contribution is 2.23. The standard InChI is InChI=1S/C20H30N2O2/c1-4-22(18-13-15(2)12-16(3)14-18)19(23)10-11-21-20(24)17-8-6-5-7-9-17/h12-14,17H,4-11H2,1-3H3,(H,21,24). The van der Waals surface area contributed by atoms with Crippen molar-refractivity contribution in [2.24, 2.45) is 5.92 Å². The number of rotatable bonds is 6. The molecular formula is C20H30N2O2. The Balaban J connectivity index is 1.86. The Morgan fingerprint density at radius 2 is 1.71 bits per heavy atom. The lowest BCUT2D eigenvalue weighted by Gasteiger charge is -2.23. The van der Waals surface area contributed by atoms with Crippen molar-refractivity contribution in [2.45, 2.75) is 59.3 Å². The Kier molecular flexibility index (Phi) is 6.83. The molecule has 132 valence electrons. The number of carbonyl (C=O) groups is 2. The summed E-state index contributed by atoms with van der Waals surface area (Å²) in [5, 5.41) is 2.95. The quantitative estimate of drug-likeness (QED) is 0.864. The zero-order valence-electron chi connectivity index (χ0n) is 15.2. The van der Waals surface area contributed by atoms with Crippen LogP contribution in [-0.2, 0) is 9.59 Å². The van der Waals surface area contributed by atoms with Gasteiger partial charge in [-0.1, -0.05) is 25.3 Å². The van der Waals surface area contributed by atoms with E-state index < -0.39 is 0 Å². The van der Waals surface area contributed by atoms with E-state index in [1.54, 1.807) is 4.90 Å². The van der Waals surface area contributed by atoms with Gasteiger partial charge in [0.05, 0.1) is 0 Å². The summed E-state index contributed by atoms with van der Waals surface area (Å²) in [5.74, 6) is 0.332. The van der Waals surface area contributed by atoms with Crippen molar-refractivity contribution in [3.05, 3.63) is 29.3 Å². The predicted molar refractivity (Wildman–Crippen MR) is 98.1 cm³/mol. The molecule has 1 aliphatic rings. The van der Waals surface area contributed by atoms with Gasteiger partial charge in [0.2, 0.25) is 11.8 Å². The van der Waals surface area contributed by atoms with Crippen LogP contribution in [0.2, 0.25) is 0 Å². The highest BCUT2D eigenvalue weighted by atomic mass is 16.2. The number of nitrogens with zero attached hydrogens (tertiary/aromatic N) is 1. The molecule has 0 aliphatic heterocycles. The summed E-state index contributed by atoms with van der Waals surface area (Å²) >= 11 is 0. The van der Waals surface area contributed by atoms with Crippen LogP contribution in [0.3, 0.4) is 0 Å². The smallest absolute Gasteiger partial charge is 0.228 e. The monoisotopic (exact) mass is 330 g/mol. The third kappa shape index (κ3) is 5.08. The molecule has 0 unspecified atom stereocenters. The fraction of sp³-hybridized carbons (Fsp3) is 0.600. The lowest BCUT2D eigenvalue weighted by atomic mass is 9.89. The number of anilines is 1. The highest BCUT2D eigenvalue weighted by Gasteiger charge is 2.21. The van der Waals surface area contributed by atoms with Crippen LogP contribution in [0.1, 0.15) is 56.6 Å². The first kappa shape index (κ1) is 18.5. The minimum Gasteiger partial charge on any atom is -0.355 e. The Morgan fingerprint density at radius 3 is 2.29 bits per heavy atom. The van der Waals surface area contributed by atoms with E-state index >= 15 is 0 Å². The van der Waals surface area contributed by atoms with Gasteiger partial charge in [-0.25, -0.2) is 0 Å². The van der Waals surface area contributed by atoms with Gasteiger partial charge < -0.3 is 10.2 Å². The second-order valence-electron chi connectivity index (χ2n) is 6.86. The summed E-state index contributed by atoms with van der Waals surface area (Å²) in [6.45, 7) is 7.13. The summed E-state index contributed by atoms with van der Waals surface area (Å²) in [6, 6.07) is 6.18. The van der Waals surface area contributed by atoms with Crippen molar-refractivity contribution in [3.63, 3.8) is 0 Å². The maximum absolute atomic E-state index is 12.5. The molecule has 1 aromatic carbocycles. The van der Waals surface area contributed by atoms with E-state index in [-0.39, 0.29) is 17.7 Å². The van der Waals surface area contributed by atoms with Gasteiger partial charge in [0.1, 0.15) is 0 Å². The van der Waals surface area contributed by atoms with Gasteiger partial charge in [-0.2, -0.15) is 0 Å². The largest absolute Gasteiger partial charge is 0.355 e. The molecule has 0 spiro atoms. The zero-order chi connectivity index (χ0) is 17.5. The molecule has 0 radical (unpaired) electrons. The van der Waals surface area contributed by atoms with Crippen LogP contribution in [-0.4, -0.2) is 24.9 Å². The first-order chi connectivity index (χ1) is 11.5. The van der Waals surface area contributed by atoms with E-state index in [4.69, 9.17) is 0 Å². The van der Waals surface area contributed by atoms with Crippen LogP contribution < -0.4 is 10.2 Å². The van der Waals surface area contributed by atoms with Crippen LogP contribution >= 0.6 is 0 Å². The molecule has 2 rings (SSSR count). The third-order valence-electron chi connectivity index (χ3n) is 4.75. The van der Waals surface area contributed by atoms with E-state index in [9.17, 15) is 9.59 Å². The zero-order valence-corrected chi connectivity index (χ0v) is 15.2. The SMILES string of the molecule is CCN(C(=O)CCNC(=O)C1CCCCC1)c1cc(C)cc(C)c1. The summed E-state index contributed by atoms with van der Waals surface area (Å²) in [5.41, 5.74) is 3.25. The van der Waals surface area contributed by atoms with Crippen molar-refractivity contribution >= 4 is 17.5 Å². The van der Waals surface area contributed by atoms with Gasteiger partial charge in [0, 0.05) is 31.1 Å². The van der Waals surface area contributed by atoms with Crippen molar-refractivity contribution in [2.75, 3.05) is 18.0 Å². The van der Waals surface area contributed by atoms with E-state index in [2.05, 4.69) is 11.4 Å². The average Bonchev–Trinajstić information content (AvgIpc) is 2.55. The molecule has 1 saturated carbocycles. The van der Waals surface area contributed by atoms with Crippen LogP contribution in [0.5, 0.6) is 0 Å². The average molecular weight is 330 g/mol. The van der Waals surface area contributed by atoms with E-state index in [1.165, 1.54) is 6.42 Å². The maximum atomic E-state index is 12.5. The number of aryl methyl sites for hydroxylation is 2. The maximum Gasteiger partial charge on any atom is 0.228 e. The normalized spacial score (nSPS) is 15.1. The fourth-order valence-electron chi connectivity index (χ4n) is 3.55. The molecule has 0 aromatic heterocycles. The molecule has 1 aliphatic carbocycles. The number of amides is 2. The summed E-state index contributed by atoms with van der Waals surface area (Å²) in [6.07, 6.45) is 5.86. The van der Waals surface area contributed by atoms with Gasteiger partial charge in [0.25, 0.3) is 0 Å². The lowest BCUT2D eigenvalue weighted by Crippen LogP contribution is -2.37. The summed E-state index contributed by atoms with van der Waals surface area (Å²) < 4.78 is 0. The topological polar surface area (TPSA) is 49.4 Å². The minimum absolute atomic E-state index is 0.0615. The van der Waals surface area contributed by atoms with Crippen LogP contribution in [0.25, 0.3) is 0 Å². The lowest BCUT2D eigenvalue weighted by molar-refractivity contribution is -0.126. The number of nitrogens with one attached hydrogen (secondary N) is 1. The molecule has 0 saturated heterocycles. The first-order valence-electron chi connectivity index (χ1n) is 9.17. The second kappa shape index (κ2) is 8.86. The summed E-state index contributed by atoms with van der Waals surface area (Å²) in [7, 11) is 0. The Morgan fingerprint density at radius 1 is 1.08 bits per heavy atom. The van der Waals surface area contributed by atoms with Gasteiger partial charge >= 0.3 is 0 Å². The molecule has 0 atom stereocenters.